The van der Waals surface area contributed by atoms with E-state index >= 15 is 0 Å². The van der Waals surface area contributed by atoms with E-state index in [1.54, 1.807) is 0 Å². The van der Waals surface area contributed by atoms with Gasteiger partial charge in [-0.15, -0.1) is 0 Å². The molecule has 1 aliphatic heterocycles. The maximum atomic E-state index is 8.16. The number of aromatic nitrogens is 2. The Morgan fingerprint density at radius 1 is 1.64 bits per heavy atom. The van der Waals surface area contributed by atoms with Crippen LogP contribution in [0, 0.1) is 0 Å². The molecule has 6 heteroatoms. The van der Waals surface area contributed by atoms with Crippen LogP contribution in [0.15, 0.2) is 5.11 Å². The Balaban J connectivity index is 2.10. The molecule has 0 saturated heterocycles. The van der Waals surface area contributed by atoms with Gasteiger partial charge in [-0.3, -0.25) is 5.10 Å². The van der Waals surface area contributed by atoms with Gasteiger partial charge in [0.2, 0.25) is 0 Å². The Labute approximate surface area is 85.9 Å². The van der Waals surface area contributed by atoms with Crippen LogP contribution in [0.2, 0.25) is 0 Å². The third kappa shape index (κ3) is 1.86. The number of aryl methyl sites for hydroxylation is 1. The molecule has 0 radical (unpaired) electrons. The number of rotatable bonds is 3. The number of thioether (sulfide) groups is 1. The second kappa shape index (κ2) is 4.39. The van der Waals surface area contributed by atoms with Crippen LogP contribution in [-0.2, 0) is 18.6 Å². The van der Waals surface area contributed by atoms with Crippen LogP contribution in [0.3, 0.4) is 0 Å². The molecule has 0 amide bonds. The molecule has 1 aromatic rings. The average Bonchev–Trinajstić information content (AvgIpc) is 2.63. The summed E-state index contributed by atoms with van der Waals surface area (Å²) in [6.45, 7) is 0.498. The topological polar surface area (TPSA) is 77.4 Å². The first kappa shape index (κ1) is 9.43. The number of fused-ring (bicyclic) bond motifs is 1. The van der Waals surface area contributed by atoms with E-state index in [0.717, 1.165) is 24.3 Å². The molecule has 74 valence electrons. The van der Waals surface area contributed by atoms with E-state index < -0.39 is 0 Å². The normalized spacial score (nSPS) is 14.6. The van der Waals surface area contributed by atoms with Crippen LogP contribution in [0.25, 0.3) is 10.4 Å². The first-order valence-electron chi connectivity index (χ1n) is 4.55. The Hall–Kier alpha value is -1.13. The summed E-state index contributed by atoms with van der Waals surface area (Å²) in [6, 6.07) is 0. The van der Waals surface area contributed by atoms with E-state index in [4.69, 9.17) is 5.53 Å². The molecule has 0 spiro atoms. The molecule has 0 fully saturated rings. The lowest BCUT2D eigenvalue weighted by Gasteiger charge is -2.10. The fourth-order valence-corrected chi connectivity index (χ4v) is 2.61. The molecule has 2 heterocycles. The molecule has 1 aromatic heterocycles. The van der Waals surface area contributed by atoms with Crippen LogP contribution < -0.4 is 0 Å². The molecule has 5 nitrogen and oxygen atoms in total. The minimum Gasteiger partial charge on any atom is -0.282 e. The van der Waals surface area contributed by atoms with Crippen LogP contribution in [0.1, 0.15) is 17.0 Å². The highest BCUT2D eigenvalue weighted by molar-refractivity contribution is 7.98. The fourth-order valence-electron chi connectivity index (χ4n) is 1.58. The third-order valence-corrected chi connectivity index (χ3v) is 3.28. The zero-order valence-electron chi connectivity index (χ0n) is 7.73. The molecule has 2 rings (SSSR count). The molecular weight excluding hydrogens is 198 g/mol. The van der Waals surface area contributed by atoms with Crippen molar-refractivity contribution in [2.45, 2.75) is 18.6 Å². The largest absolute Gasteiger partial charge is 0.282 e. The third-order valence-electron chi connectivity index (χ3n) is 2.29. The SMILES string of the molecule is [N-]=[N+]=NCCc1n[nH]c2c1CSCC2. The summed E-state index contributed by atoms with van der Waals surface area (Å²) < 4.78 is 0. The Morgan fingerprint density at radius 2 is 2.57 bits per heavy atom. The lowest BCUT2D eigenvalue weighted by molar-refractivity contribution is 0.885. The maximum Gasteiger partial charge on any atom is 0.0666 e. The van der Waals surface area contributed by atoms with Gasteiger partial charge in [-0.1, -0.05) is 5.11 Å². The summed E-state index contributed by atoms with van der Waals surface area (Å²) in [5, 5.41) is 10.8. The predicted molar refractivity (Wildman–Crippen MR) is 56.2 cm³/mol. The molecule has 0 bridgehead atoms. The molecular formula is C8H11N5S. The molecule has 1 N–H and O–H groups in total. The maximum absolute atomic E-state index is 8.16. The van der Waals surface area contributed by atoms with E-state index in [2.05, 4.69) is 20.2 Å². The van der Waals surface area contributed by atoms with Crippen molar-refractivity contribution in [2.24, 2.45) is 5.11 Å². The van der Waals surface area contributed by atoms with Crippen molar-refractivity contribution in [2.75, 3.05) is 12.3 Å². The molecule has 0 saturated carbocycles. The molecule has 1 aliphatic rings. The number of hydrogen-bond acceptors (Lipinski definition) is 3. The van der Waals surface area contributed by atoms with Crippen molar-refractivity contribution in [1.29, 1.82) is 0 Å². The summed E-state index contributed by atoms with van der Waals surface area (Å²) in [7, 11) is 0. The van der Waals surface area contributed by atoms with E-state index in [-0.39, 0.29) is 0 Å². The van der Waals surface area contributed by atoms with Gasteiger partial charge in [-0.2, -0.15) is 16.9 Å². The average molecular weight is 209 g/mol. The minimum atomic E-state index is 0.498. The zero-order chi connectivity index (χ0) is 9.80. The summed E-state index contributed by atoms with van der Waals surface area (Å²) >= 11 is 1.93. The summed E-state index contributed by atoms with van der Waals surface area (Å²) in [6.07, 6.45) is 1.82. The van der Waals surface area contributed by atoms with Gasteiger partial charge in [0.15, 0.2) is 0 Å². The Kier molecular flexibility index (Phi) is 2.96. The molecule has 0 atom stereocenters. The van der Waals surface area contributed by atoms with Gasteiger partial charge in [-0.25, -0.2) is 0 Å². The Bertz CT molecular complexity index is 366. The second-order valence-electron chi connectivity index (χ2n) is 3.13. The van der Waals surface area contributed by atoms with Gasteiger partial charge >= 0.3 is 0 Å². The molecule has 0 aliphatic carbocycles. The van der Waals surface area contributed by atoms with E-state index in [1.807, 2.05) is 11.8 Å². The number of nitrogens with zero attached hydrogens (tertiary/aromatic N) is 4. The van der Waals surface area contributed by atoms with E-state index in [1.165, 1.54) is 17.0 Å². The first-order chi connectivity index (χ1) is 6.92. The van der Waals surface area contributed by atoms with Gasteiger partial charge in [0.05, 0.1) is 5.69 Å². The highest BCUT2D eigenvalue weighted by Gasteiger charge is 2.16. The quantitative estimate of drug-likeness (QED) is 0.470. The number of nitrogens with one attached hydrogen (secondary N) is 1. The highest BCUT2D eigenvalue weighted by atomic mass is 32.2. The number of hydrogen-bond donors (Lipinski definition) is 1. The molecule has 14 heavy (non-hydrogen) atoms. The van der Waals surface area contributed by atoms with Crippen molar-refractivity contribution in [3.63, 3.8) is 0 Å². The molecule has 0 aromatic carbocycles. The summed E-state index contributed by atoms with van der Waals surface area (Å²) in [5.41, 5.74) is 11.8. The standard InChI is InChI=1S/C8H11N5S/c9-13-10-3-1-7-6-5-14-4-2-8(6)12-11-7/h1-5H2,(H,11,12). The van der Waals surface area contributed by atoms with Gasteiger partial charge in [0.1, 0.15) is 0 Å². The summed E-state index contributed by atoms with van der Waals surface area (Å²) in [5.74, 6) is 2.21. The van der Waals surface area contributed by atoms with Gasteiger partial charge in [-0.05, 0) is 24.1 Å². The number of aromatic amines is 1. The first-order valence-corrected chi connectivity index (χ1v) is 5.71. The smallest absolute Gasteiger partial charge is 0.0666 e. The lowest BCUT2D eigenvalue weighted by atomic mass is 10.1. The van der Waals surface area contributed by atoms with Crippen molar-refractivity contribution in [3.8, 4) is 0 Å². The number of azide groups is 1. The minimum absolute atomic E-state index is 0.498. The van der Waals surface area contributed by atoms with Crippen LogP contribution in [-0.4, -0.2) is 22.5 Å². The second-order valence-corrected chi connectivity index (χ2v) is 4.24. The van der Waals surface area contributed by atoms with Crippen LogP contribution in [0.5, 0.6) is 0 Å². The van der Waals surface area contributed by atoms with Crippen molar-refractivity contribution < 1.29 is 0 Å². The van der Waals surface area contributed by atoms with Crippen molar-refractivity contribution in [3.05, 3.63) is 27.4 Å². The monoisotopic (exact) mass is 209 g/mol. The van der Waals surface area contributed by atoms with Gasteiger partial charge in [0, 0.05) is 28.5 Å². The lowest BCUT2D eigenvalue weighted by Crippen LogP contribution is -2.02. The molecule has 0 unspecified atom stereocenters. The number of H-pyrrole nitrogens is 1. The van der Waals surface area contributed by atoms with Crippen LogP contribution in [0.4, 0.5) is 0 Å². The van der Waals surface area contributed by atoms with Crippen molar-refractivity contribution >= 4 is 11.8 Å². The predicted octanol–water partition coefficient (Wildman–Crippen LogP) is 2.05. The van der Waals surface area contributed by atoms with Gasteiger partial charge in [0.25, 0.3) is 0 Å². The fraction of sp³-hybridized carbons (Fsp3) is 0.625. The van der Waals surface area contributed by atoms with Crippen molar-refractivity contribution in [1.82, 2.24) is 10.2 Å². The zero-order valence-corrected chi connectivity index (χ0v) is 8.55. The highest BCUT2D eigenvalue weighted by Crippen LogP contribution is 2.25. The Morgan fingerprint density at radius 3 is 3.43 bits per heavy atom. The van der Waals surface area contributed by atoms with Gasteiger partial charge < -0.3 is 0 Å². The summed E-state index contributed by atoms with van der Waals surface area (Å²) in [4.78, 5) is 2.73. The van der Waals surface area contributed by atoms with Crippen LogP contribution >= 0.6 is 11.8 Å². The van der Waals surface area contributed by atoms with E-state index in [9.17, 15) is 0 Å². The van der Waals surface area contributed by atoms with E-state index in [0.29, 0.717) is 6.54 Å².